The number of benzene rings is 1. The molecule has 6 nitrogen and oxygen atoms in total. The highest BCUT2D eigenvalue weighted by atomic mass is 19.1. The number of amides is 1. The second-order valence-electron chi connectivity index (χ2n) is 8.34. The average molecular weight is 358 g/mol. The normalized spacial score (nSPS) is 25.8. The van der Waals surface area contributed by atoms with Crippen molar-refractivity contribution in [2.24, 2.45) is 11.3 Å². The summed E-state index contributed by atoms with van der Waals surface area (Å²) in [6, 6.07) is 4.36. The van der Waals surface area contributed by atoms with Gasteiger partial charge in [-0.2, -0.15) is 0 Å². The van der Waals surface area contributed by atoms with Crippen LogP contribution in [-0.2, 0) is 0 Å². The maximum Gasteiger partial charge on any atom is 0.407 e. The molecule has 1 amide bonds. The molecule has 0 saturated carbocycles. The van der Waals surface area contributed by atoms with Crippen LogP contribution < -0.4 is 4.90 Å². The molecule has 3 heterocycles. The molecule has 138 valence electrons. The lowest BCUT2D eigenvalue weighted by Gasteiger charge is -2.67. The Morgan fingerprint density at radius 1 is 1.35 bits per heavy atom. The van der Waals surface area contributed by atoms with Gasteiger partial charge in [0.2, 0.25) is 0 Å². The van der Waals surface area contributed by atoms with Crippen molar-refractivity contribution in [1.82, 2.24) is 14.9 Å². The lowest BCUT2D eigenvalue weighted by Crippen LogP contribution is -2.79. The topological polar surface area (TPSA) is 69.6 Å². The average Bonchev–Trinajstić information content (AvgIpc) is 2.53. The number of fused-ring (bicyclic) bond motifs is 2. The molecule has 1 unspecified atom stereocenters. The van der Waals surface area contributed by atoms with E-state index in [1.807, 2.05) is 0 Å². The summed E-state index contributed by atoms with van der Waals surface area (Å²) in [5.41, 5.74) is 0.503. The Bertz CT molecular complexity index is 881. The van der Waals surface area contributed by atoms with Crippen molar-refractivity contribution >= 4 is 22.9 Å². The number of carboxylic acid groups (broad SMARTS) is 1. The van der Waals surface area contributed by atoms with Crippen molar-refractivity contribution in [3.05, 3.63) is 30.2 Å². The van der Waals surface area contributed by atoms with E-state index in [4.69, 9.17) is 0 Å². The smallest absolute Gasteiger partial charge is 0.407 e. The van der Waals surface area contributed by atoms with Crippen LogP contribution in [0.3, 0.4) is 0 Å². The van der Waals surface area contributed by atoms with Gasteiger partial charge in [0.15, 0.2) is 0 Å². The van der Waals surface area contributed by atoms with Crippen molar-refractivity contribution in [3.8, 4) is 0 Å². The third-order valence-electron chi connectivity index (χ3n) is 6.08. The highest BCUT2D eigenvalue weighted by Crippen LogP contribution is 2.53. The summed E-state index contributed by atoms with van der Waals surface area (Å²) in [6.07, 6.45) is 1.73. The summed E-state index contributed by atoms with van der Waals surface area (Å²) in [5, 5.41) is 9.67. The predicted molar refractivity (Wildman–Crippen MR) is 96.7 cm³/mol. The zero-order chi connectivity index (χ0) is 18.7. The van der Waals surface area contributed by atoms with E-state index in [1.165, 1.54) is 12.1 Å². The van der Waals surface area contributed by atoms with Crippen LogP contribution in [0.5, 0.6) is 0 Å². The Kier molecular flexibility index (Phi) is 3.61. The van der Waals surface area contributed by atoms with Gasteiger partial charge in [-0.1, -0.05) is 20.8 Å². The Hall–Kier alpha value is -2.44. The standard InChI is InChI=1S/C19H23FN4O2/c1-18(2,3)19-11-23(7-6-12(19)10-24(19)17(25)26)16-9-21-14-5-4-13(20)8-15(14)22-16/h4-5,8-9,12H,6-7,10-11H2,1-3H3,(H,25,26)/t12-,19?/m1/s1. The summed E-state index contributed by atoms with van der Waals surface area (Å²) >= 11 is 0. The number of halogens is 1. The van der Waals surface area contributed by atoms with Crippen LogP contribution in [0.25, 0.3) is 11.0 Å². The van der Waals surface area contributed by atoms with E-state index in [2.05, 4.69) is 35.6 Å². The minimum atomic E-state index is -0.871. The van der Waals surface area contributed by atoms with Gasteiger partial charge in [-0.25, -0.2) is 14.2 Å². The fourth-order valence-electron chi connectivity index (χ4n) is 4.69. The molecule has 2 saturated heterocycles. The van der Waals surface area contributed by atoms with Crippen molar-refractivity contribution in [1.29, 1.82) is 0 Å². The number of anilines is 1. The number of likely N-dealkylation sites (tertiary alicyclic amines) is 1. The Labute approximate surface area is 151 Å². The van der Waals surface area contributed by atoms with Crippen LogP contribution in [0, 0.1) is 17.2 Å². The molecule has 0 radical (unpaired) electrons. The molecule has 1 N–H and O–H groups in total. The molecular formula is C19H23FN4O2. The molecule has 4 rings (SSSR count). The molecule has 2 aromatic rings. The number of nitrogens with zero attached hydrogens (tertiary/aromatic N) is 4. The van der Waals surface area contributed by atoms with E-state index in [0.29, 0.717) is 35.9 Å². The van der Waals surface area contributed by atoms with Crippen molar-refractivity contribution in [3.63, 3.8) is 0 Å². The van der Waals surface area contributed by atoms with E-state index in [9.17, 15) is 14.3 Å². The van der Waals surface area contributed by atoms with Crippen molar-refractivity contribution < 1.29 is 14.3 Å². The van der Waals surface area contributed by atoms with Crippen LogP contribution in [0.1, 0.15) is 27.2 Å². The number of carbonyl (C=O) groups is 1. The lowest BCUT2D eigenvalue weighted by atomic mass is 9.57. The summed E-state index contributed by atoms with van der Waals surface area (Å²) < 4.78 is 13.5. The van der Waals surface area contributed by atoms with Gasteiger partial charge in [0, 0.05) is 31.6 Å². The number of piperidine rings is 1. The third-order valence-corrected chi connectivity index (χ3v) is 6.08. The molecule has 7 heteroatoms. The van der Waals surface area contributed by atoms with Gasteiger partial charge in [-0.3, -0.25) is 9.88 Å². The van der Waals surface area contributed by atoms with E-state index < -0.39 is 11.6 Å². The number of hydrogen-bond donors (Lipinski definition) is 1. The van der Waals surface area contributed by atoms with Gasteiger partial charge in [-0.05, 0) is 24.0 Å². The first-order valence-electron chi connectivity index (χ1n) is 8.90. The van der Waals surface area contributed by atoms with Crippen LogP contribution in [-0.4, -0.2) is 51.2 Å². The zero-order valence-electron chi connectivity index (χ0n) is 15.2. The number of aromatic nitrogens is 2. The molecule has 1 aromatic heterocycles. The van der Waals surface area contributed by atoms with E-state index in [0.717, 1.165) is 13.0 Å². The molecule has 2 aliphatic heterocycles. The first kappa shape index (κ1) is 17.0. The first-order chi connectivity index (χ1) is 12.2. The second-order valence-corrected chi connectivity index (χ2v) is 8.34. The first-order valence-corrected chi connectivity index (χ1v) is 8.90. The van der Waals surface area contributed by atoms with E-state index in [1.54, 1.807) is 17.2 Å². The molecule has 2 atom stereocenters. The lowest BCUT2D eigenvalue weighted by molar-refractivity contribution is -0.133. The second kappa shape index (κ2) is 5.53. The van der Waals surface area contributed by atoms with Gasteiger partial charge in [0.25, 0.3) is 0 Å². The monoisotopic (exact) mass is 358 g/mol. The molecule has 2 aliphatic rings. The minimum absolute atomic E-state index is 0.205. The summed E-state index contributed by atoms with van der Waals surface area (Å²) in [4.78, 5) is 24.4. The molecular weight excluding hydrogens is 335 g/mol. The van der Waals surface area contributed by atoms with Crippen molar-refractivity contribution in [2.45, 2.75) is 32.7 Å². The largest absolute Gasteiger partial charge is 0.465 e. The minimum Gasteiger partial charge on any atom is -0.465 e. The molecule has 0 aliphatic carbocycles. The number of rotatable bonds is 1. The van der Waals surface area contributed by atoms with Crippen LogP contribution in [0.2, 0.25) is 0 Å². The quantitative estimate of drug-likeness (QED) is 0.846. The third kappa shape index (κ3) is 2.33. The molecule has 2 fully saturated rings. The Morgan fingerprint density at radius 3 is 2.81 bits per heavy atom. The highest BCUT2D eigenvalue weighted by molar-refractivity contribution is 5.75. The fraction of sp³-hybridized carbons (Fsp3) is 0.526. The summed E-state index contributed by atoms with van der Waals surface area (Å²) in [7, 11) is 0. The van der Waals surface area contributed by atoms with Gasteiger partial charge in [0.1, 0.15) is 11.6 Å². The van der Waals surface area contributed by atoms with Gasteiger partial charge in [-0.15, -0.1) is 0 Å². The summed E-state index contributed by atoms with van der Waals surface area (Å²) in [6.45, 7) is 8.25. The molecule has 1 aromatic carbocycles. The van der Waals surface area contributed by atoms with Gasteiger partial charge >= 0.3 is 6.09 Å². The van der Waals surface area contributed by atoms with Gasteiger partial charge in [0.05, 0.1) is 22.8 Å². The predicted octanol–water partition coefficient (Wildman–Crippen LogP) is 3.37. The number of hydrogen-bond acceptors (Lipinski definition) is 4. The van der Waals surface area contributed by atoms with Crippen LogP contribution in [0.15, 0.2) is 24.4 Å². The van der Waals surface area contributed by atoms with Crippen LogP contribution in [0.4, 0.5) is 15.0 Å². The summed E-state index contributed by atoms with van der Waals surface area (Å²) in [5.74, 6) is 0.674. The fourth-order valence-corrected chi connectivity index (χ4v) is 4.69. The van der Waals surface area contributed by atoms with Gasteiger partial charge < -0.3 is 10.0 Å². The maximum absolute atomic E-state index is 13.5. The Balaban J connectivity index is 1.71. The molecule has 26 heavy (non-hydrogen) atoms. The van der Waals surface area contributed by atoms with E-state index >= 15 is 0 Å². The Morgan fingerprint density at radius 2 is 2.12 bits per heavy atom. The van der Waals surface area contributed by atoms with E-state index in [-0.39, 0.29) is 11.2 Å². The molecule has 0 spiro atoms. The van der Waals surface area contributed by atoms with Crippen molar-refractivity contribution in [2.75, 3.05) is 24.5 Å². The highest BCUT2D eigenvalue weighted by Gasteiger charge is 2.63. The maximum atomic E-state index is 13.5. The van der Waals surface area contributed by atoms with Crippen LogP contribution >= 0.6 is 0 Å². The zero-order valence-corrected chi connectivity index (χ0v) is 15.2. The molecule has 0 bridgehead atoms. The SMILES string of the molecule is CC(C)(C)C12CN(c3cnc4ccc(F)cc4n3)CC[C@@H]1CN2C(=O)O.